The van der Waals surface area contributed by atoms with E-state index >= 15 is 0 Å². The van der Waals surface area contributed by atoms with Crippen LogP contribution in [0.4, 0.5) is 4.79 Å². The molecular weight excluding hydrogens is 262 g/mol. The van der Waals surface area contributed by atoms with Crippen molar-refractivity contribution in [3.8, 4) is 0 Å². The van der Waals surface area contributed by atoms with E-state index in [1.807, 2.05) is 0 Å². The predicted octanol–water partition coefficient (Wildman–Crippen LogP) is 0.160. The van der Waals surface area contributed by atoms with Crippen molar-refractivity contribution in [2.45, 2.75) is 44.2 Å². The Morgan fingerprint density at radius 2 is 2.00 bits per heavy atom. The Morgan fingerprint density at radius 1 is 1.30 bits per heavy atom. The molecule has 0 spiro atoms. The van der Waals surface area contributed by atoms with Gasteiger partial charge in [-0.3, -0.25) is 9.59 Å². The van der Waals surface area contributed by atoms with Gasteiger partial charge >= 0.3 is 12.0 Å². The minimum absolute atomic E-state index is 0.0606. The van der Waals surface area contributed by atoms with E-state index in [-0.39, 0.29) is 30.3 Å². The van der Waals surface area contributed by atoms with Gasteiger partial charge in [-0.1, -0.05) is 0 Å². The summed E-state index contributed by atoms with van der Waals surface area (Å²) in [6.45, 7) is 0.536. The minimum atomic E-state index is -0.911. The van der Waals surface area contributed by atoms with Crippen molar-refractivity contribution in [3.63, 3.8) is 0 Å². The average Bonchev–Trinajstić information content (AvgIpc) is 3.13. The van der Waals surface area contributed by atoms with E-state index in [1.165, 1.54) is 4.90 Å². The highest BCUT2D eigenvalue weighted by atomic mass is 16.4. The maximum absolute atomic E-state index is 12.2. The fourth-order valence-electron chi connectivity index (χ4n) is 2.71. The zero-order valence-electron chi connectivity index (χ0n) is 11.6. The fraction of sp³-hybridized carbons (Fsp3) is 0.769. The van der Waals surface area contributed by atoms with Gasteiger partial charge in [0.15, 0.2) is 0 Å². The van der Waals surface area contributed by atoms with Gasteiger partial charge in [-0.25, -0.2) is 4.79 Å². The summed E-state index contributed by atoms with van der Waals surface area (Å²) in [5, 5.41) is 14.2. The Hall–Kier alpha value is -1.79. The number of carbonyl (C=O) groups is 3. The first-order chi connectivity index (χ1) is 9.52. The van der Waals surface area contributed by atoms with Crippen LogP contribution in [-0.4, -0.2) is 53.6 Å². The van der Waals surface area contributed by atoms with E-state index in [1.54, 1.807) is 7.05 Å². The van der Waals surface area contributed by atoms with Crippen LogP contribution in [0, 0.1) is 5.92 Å². The Balaban J connectivity index is 1.95. The zero-order chi connectivity index (χ0) is 14.7. The number of aliphatic carboxylic acids is 1. The Morgan fingerprint density at radius 3 is 2.55 bits per heavy atom. The average molecular weight is 283 g/mol. The minimum Gasteiger partial charge on any atom is -0.481 e. The lowest BCUT2D eigenvalue weighted by Crippen LogP contribution is -2.51. The van der Waals surface area contributed by atoms with Crippen LogP contribution in [0.2, 0.25) is 0 Å². The van der Waals surface area contributed by atoms with Gasteiger partial charge in [0.05, 0.1) is 6.42 Å². The van der Waals surface area contributed by atoms with Crippen LogP contribution in [0.1, 0.15) is 32.1 Å². The molecule has 7 heteroatoms. The Bertz CT molecular complexity index is 408. The Labute approximate surface area is 117 Å². The van der Waals surface area contributed by atoms with Crippen LogP contribution < -0.4 is 10.6 Å². The molecule has 1 heterocycles. The fourth-order valence-corrected chi connectivity index (χ4v) is 2.71. The number of nitrogens with zero attached hydrogens (tertiary/aromatic N) is 1. The van der Waals surface area contributed by atoms with Crippen molar-refractivity contribution < 1.29 is 19.5 Å². The van der Waals surface area contributed by atoms with Crippen LogP contribution in [0.15, 0.2) is 0 Å². The van der Waals surface area contributed by atoms with Gasteiger partial charge in [-0.2, -0.15) is 0 Å². The van der Waals surface area contributed by atoms with Gasteiger partial charge in [0.1, 0.15) is 6.04 Å². The molecule has 1 saturated heterocycles. The first-order valence-corrected chi connectivity index (χ1v) is 7.03. The second-order valence-corrected chi connectivity index (χ2v) is 5.46. The van der Waals surface area contributed by atoms with Gasteiger partial charge < -0.3 is 20.6 Å². The van der Waals surface area contributed by atoms with Crippen LogP contribution in [0.3, 0.4) is 0 Å². The number of nitrogens with one attached hydrogen (secondary N) is 2. The maximum Gasteiger partial charge on any atom is 0.318 e. The third-order valence-electron chi connectivity index (χ3n) is 3.96. The SMILES string of the molecule is CNC(=O)C1CCCN1C(=O)NC(CC(=O)O)C1CC1. The molecular formula is C13H21N3O4. The molecule has 0 bridgehead atoms. The molecule has 3 amide bonds. The number of carboxylic acid groups (broad SMARTS) is 1. The molecule has 7 nitrogen and oxygen atoms in total. The quantitative estimate of drug-likeness (QED) is 0.669. The Kier molecular flexibility index (Phi) is 4.46. The van der Waals surface area contributed by atoms with E-state index < -0.39 is 12.0 Å². The van der Waals surface area contributed by atoms with E-state index in [9.17, 15) is 14.4 Å². The number of carbonyl (C=O) groups excluding carboxylic acids is 2. The van der Waals surface area contributed by atoms with Gasteiger partial charge in [0, 0.05) is 19.6 Å². The molecule has 0 aromatic rings. The van der Waals surface area contributed by atoms with Crippen molar-refractivity contribution in [2.75, 3.05) is 13.6 Å². The standard InChI is InChI=1S/C13H21N3O4/c1-14-12(19)10-3-2-6-16(10)13(20)15-9(7-11(17)18)8-4-5-8/h8-10H,2-7H2,1H3,(H,14,19)(H,15,20)(H,17,18). The molecule has 0 radical (unpaired) electrons. The number of hydrogen-bond acceptors (Lipinski definition) is 3. The first-order valence-electron chi connectivity index (χ1n) is 7.03. The summed E-state index contributed by atoms with van der Waals surface area (Å²) in [7, 11) is 1.55. The highest BCUT2D eigenvalue weighted by molar-refractivity contribution is 5.87. The van der Waals surface area contributed by atoms with Crippen molar-refractivity contribution in [3.05, 3.63) is 0 Å². The highest BCUT2D eigenvalue weighted by Crippen LogP contribution is 2.34. The first kappa shape index (κ1) is 14.6. The number of rotatable bonds is 5. The van der Waals surface area contributed by atoms with Crippen molar-refractivity contribution in [2.24, 2.45) is 5.92 Å². The number of urea groups is 1. The molecule has 2 rings (SSSR count). The molecule has 2 aliphatic rings. The van der Waals surface area contributed by atoms with Gasteiger partial charge in [-0.05, 0) is 31.6 Å². The second kappa shape index (κ2) is 6.11. The molecule has 0 aromatic heterocycles. The molecule has 2 fully saturated rings. The third-order valence-corrected chi connectivity index (χ3v) is 3.96. The summed E-state index contributed by atoms with van der Waals surface area (Å²) >= 11 is 0. The molecule has 2 atom stereocenters. The number of carboxylic acids is 1. The molecule has 1 saturated carbocycles. The number of hydrogen-bond donors (Lipinski definition) is 3. The lowest BCUT2D eigenvalue weighted by Gasteiger charge is -2.26. The van der Waals surface area contributed by atoms with Crippen molar-refractivity contribution in [1.29, 1.82) is 0 Å². The van der Waals surface area contributed by atoms with Crippen LogP contribution >= 0.6 is 0 Å². The molecule has 3 N–H and O–H groups in total. The molecule has 1 aliphatic heterocycles. The number of amides is 3. The second-order valence-electron chi connectivity index (χ2n) is 5.46. The summed E-state index contributed by atoms with van der Waals surface area (Å²) in [4.78, 5) is 36.3. The number of likely N-dealkylation sites (tertiary alicyclic amines) is 1. The third kappa shape index (κ3) is 3.40. The smallest absolute Gasteiger partial charge is 0.318 e. The lowest BCUT2D eigenvalue weighted by molar-refractivity contribution is -0.137. The summed E-state index contributed by atoms with van der Waals surface area (Å²) in [5.41, 5.74) is 0. The number of likely N-dealkylation sites (N-methyl/N-ethyl adjacent to an activating group) is 1. The summed E-state index contributed by atoms with van der Waals surface area (Å²) in [6, 6.07) is -1.09. The molecule has 1 aliphatic carbocycles. The normalized spacial score (nSPS) is 23.2. The molecule has 0 aromatic carbocycles. The lowest BCUT2D eigenvalue weighted by atomic mass is 10.1. The summed E-state index contributed by atoms with van der Waals surface area (Å²) in [6.07, 6.45) is 3.29. The van der Waals surface area contributed by atoms with E-state index in [4.69, 9.17) is 5.11 Å². The van der Waals surface area contributed by atoms with Crippen LogP contribution in [-0.2, 0) is 9.59 Å². The van der Waals surface area contributed by atoms with E-state index in [0.29, 0.717) is 13.0 Å². The molecule has 112 valence electrons. The topological polar surface area (TPSA) is 98.7 Å². The molecule has 2 unspecified atom stereocenters. The zero-order valence-corrected chi connectivity index (χ0v) is 11.6. The van der Waals surface area contributed by atoms with Crippen molar-refractivity contribution >= 4 is 17.9 Å². The van der Waals surface area contributed by atoms with Gasteiger partial charge in [-0.15, -0.1) is 0 Å². The van der Waals surface area contributed by atoms with Crippen LogP contribution in [0.25, 0.3) is 0 Å². The summed E-state index contributed by atoms with van der Waals surface area (Å²) in [5.74, 6) is -0.818. The molecule has 20 heavy (non-hydrogen) atoms. The maximum atomic E-state index is 12.2. The summed E-state index contributed by atoms with van der Waals surface area (Å²) < 4.78 is 0. The van der Waals surface area contributed by atoms with Gasteiger partial charge in [0.2, 0.25) is 5.91 Å². The van der Waals surface area contributed by atoms with Gasteiger partial charge in [0.25, 0.3) is 0 Å². The van der Waals surface area contributed by atoms with E-state index in [0.717, 1.165) is 19.3 Å². The van der Waals surface area contributed by atoms with Crippen LogP contribution in [0.5, 0.6) is 0 Å². The monoisotopic (exact) mass is 283 g/mol. The predicted molar refractivity (Wildman–Crippen MR) is 71.1 cm³/mol. The van der Waals surface area contributed by atoms with E-state index in [2.05, 4.69) is 10.6 Å². The highest BCUT2D eigenvalue weighted by Gasteiger charge is 2.38. The largest absolute Gasteiger partial charge is 0.481 e. The van der Waals surface area contributed by atoms with Crippen molar-refractivity contribution in [1.82, 2.24) is 15.5 Å².